The van der Waals surface area contributed by atoms with Crippen LogP contribution in [-0.4, -0.2) is 65.9 Å². The van der Waals surface area contributed by atoms with Crippen LogP contribution in [0.2, 0.25) is 0 Å². The quantitative estimate of drug-likeness (QED) is 0.0557. The monoisotopic (exact) mass is 1060 g/mol. The van der Waals surface area contributed by atoms with Crippen LogP contribution in [0.3, 0.4) is 0 Å². The maximum absolute atomic E-state index is 13.1. The Balaban J connectivity index is 0.789. The molecule has 0 spiro atoms. The molecule has 0 saturated carbocycles. The average Bonchev–Trinajstić information content (AvgIpc) is 4.37. The Kier molecular flexibility index (Phi) is 17.4. The lowest BCUT2D eigenvalue weighted by atomic mass is 10.1. The van der Waals surface area contributed by atoms with Crippen molar-refractivity contribution in [3.63, 3.8) is 0 Å². The molecule has 0 unspecified atom stereocenters. The lowest BCUT2D eigenvalue weighted by Crippen LogP contribution is -2.05. The minimum absolute atomic E-state index is 0.0968. The molecule has 0 aliphatic carbocycles. The first kappa shape index (κ1) is 52.5. The number of hydrogen-bond acceptors (Lipinski definition) is 16. The van der Waals surface area contributed by atoms with Gasteiger partial charge in [0.15, 0.2) is 25.2 Å². The van der Waals surface area contributed by atoms with E-state index >= 15 is 0 Å². The van der Waals surface area contributed by atoms with Crippen LogP contribution < -0.4 is 28.4 Å². The Morgan fingerprint density at radius 1 is 0.321 bits per heavy atom. The van der Waals surface area contributed by atoms with Gasteiger partial charge in [0, 0.05) is 40.5 Å². The van der Waals surface area contributed by atoms with Gasteiger partial charge in [-0.1, -0.05) is 97.1 Å². The summed E-state index contributed by atoms with van der Waals surface area (Å²) in [6, 6.07) is 48.1. The highest BCUT2D eigenvalue weighted by Crippen LogP contribution is 2.33. The van der Waals surface area contributed by atoms with Gasteiger partial charge in [-0.15, -0.1) is 0 Å². The normalized spacial score (nSPS) is 16.1. The second kappa shape index (κ2) is 25.8. The summed E-state index contributed by atoms with van der Waals surface area (Å²) in [6.07, 6.45) is -1.44. The highest BCUT2D eigenvalue weighted by atomic mass is 16.7. The second-order valence-electron chi connectivity index (χ2n) is 18.8. The molecule has 78 heavy (non-hydrogen) atoms. The smallest absolute Gasteiger partial charge is 0.338 e. The molecule has 0 N–H and O–H groups in total. The fraction of sp³-hybridized carbons (Fsp3) is 0.306. The van der Waals surface area contributed by atoms with E-state index < -0.39 is 5.97 Å². The minimum atomic E-state index is -0.553. The van der Waals surface area contributed by atoms with Crippen molar-refractivity contribution in [1.29, 1.82) is 0 Å². The summed E-state index contributed by atoms with van der Waals surface area (Å²) in [6.45, 7) is 5.97. The van der Waals surface area contributed by atoms with E-state index in [2.05, 4.69) is 0 Å². The molecule has 0 amide bonds. The molecule has 4 aliphatic heterocycles. The number of hydrogen-bond donors (Lipinski definition) is 0. The van der Waals surface area contributed by atoms with Crippen molar-refractivity contribution in [2.45, 2.75) is 64.8 Å². The van der Waals surface area contributed by atoms with Gasteiger partial charge in [0.1, 0.15) is 74.1 Å². The zero-order valence-electron chi connectivity index (χ0n) is 43.2. The van der Waals surface area contributed by atoms with Gasteiger partial charge in [-0.25, -0.2) is 4.79 Å². The zero-order chi connectivity index (χ0) is 52.9. The first-order chi connectivity index (χ1) is 38.4. The van der Waals surface area contributed by atoms with Gasteiger partial charge in [-0.2, -0.15) is 0 Å². The van der Waals surface area contributed by atoms with Crippen LogP contribution in [-0.2, 0) is 82.3 Å². The minimum Gasteiger partial charge on any atom is -0.489 e. The number of carbonyl (C=O) groups excluding carboxylic acids is 1. The zero-order valence-corrected chi connectivity index (χ0v) is 43.2. The number of carbonyl (C=O) groups is 1. The first-order valence-electron chi connectivity index (χ1n) is 26.0. The van der Waals surface area contributed by atoms with Crippen LogP contribution in [0.15, 0.2) is 152 Å². The van der Waals surface area contributed by atoms with Gasteiger partial charge in [0.05, 0.1) is 65.5 Å². The lowest BCUT2D eigenvalue weighted by Gasteiger charge is -2.16. The molecule has 4 aliphatic rings. The Labute approximate surface area is 452 Å². The molecule has 4 saturated heterocycles. The molecule has 404 valence electrons. The Hall–Kier alpha value is -7.51. The Bertz CT molecular complexity index is 2690. The van der Waals surface area contributed by atoms with Crippen LogP contribution in [0.4, 0.5) is 0 Å². The summed E-state index contributed by atoms with van der Waals surface area (Å²) < 4.78 is 88.8. The SMILES string of the molecule is COC(=O)c1cc(OCc2cc(OCc3ccc(C4OCCO4)cc3)cc(OCc3ccc(C4OCCO4)cc3)c2)cc(OCc2cc(OCc3ccc(C4OCCO4)cc3)cc(OCc3ccc(C4OCCO4)cc3)c2)c1. The second-order valence-corrected chi connectivity index (χ2v) is 18.8. The molecule has 7 aromatic carbocycles. The van der Waals surface area contributed by atoms with Crippen molar-refractivity contribution in [3.05, 3.63) is 213 Å². The topological polar surface area (TPSA) is 156 Å². The van der Waals surface area contributed by atoms with E-state index in [4.69, 9.17) is 71.1 Å². The van der Waals surface area contributed by atoms with Gasteiger partial charge >= 0.3 is 5.97 Å². The van der Waals surface area contributed by atoms with Crippen molar-refractivity contribution in [3.8, 4) is 34.5 Å². The van der Waals surface area contributed by atoms with E-state index in [1.807, 2.05) is 133 Å². The van der Waals surface area contributed by atoms with Gasteiger partial charge in [0.25, 0.3) is 0 Å². The van der Waals surface area contributed by atoms with Crippen LogP contribution in [0, 0.1) is 0 Å². The molecule has 0 atom stereocenters. The van der Waals surface area contributed by atoms with E-state index in [9.17, 15) is 4.79 Å². The molecule has 4 fully saturated rings. The lowest BCUT2D eigenvalue weighted by molar-refractivity contribution is -0.0443. The fourth-order valence-corrected chi connectivity index (χ4v) is 9.02. The molecule has 0 radical (unpaired) electrons. The van der Waals surface area contributed by atoms with E-state index in [0.717, 1.165) is 55.6 Å². The molecule has 11 rings (SSSR count). The molecular weight excluding hydrogens is 1000 g/mol. The van der Waals surface area contributed by atoms with Crippen molar-refractivity contribution in [2.75, 3.05) is 60.0 Å². The van der Waals surface area contributed by atoms with Crippen LogP contribution in [0.1, 0.15) is 91.2 Å². The van der Waals surface area contributed by atoms with Crippen LogP contribution >= 0.6 is 0 Å². The predicted octanol–water partition coefficient (Wildman–Crippen LogP) is 11.1. The molecule has 16 heteroatoms. The number of methoxy groups -OCH3 is 1. The third kappa shape index (κ3) is 14.1. The van der Waals surface area contributed by atoms with E-state index in [1.54, 1.807) is 18.2 Å². The van der Waals surface area contributed by atoms with Gasteiger partial charge in [0.2, 0.25) is 0 Å². The van der Waals surface area contributed by atoms with Gasteiger partial charge < -0.3 is 71.1 Å². The third-order valence-corrected chi connectivity index (χ3v) is 13.1. The van der Waals surface area contributed by atoms with Crippen molar-refractivity contribution >= 4 is 5.97 Å². The molecule has 0 bridgehead atoms. The summed E-state index contributed by atoms with van der Waals surface area (Å²) in [5.74, 6) is 2.52. The molecular formula is C62H60O16. The van der Waals surface area contributed by atoms with Gasteiger partial charge in [-0.05, 0) is 69.8 Å². The van der Waals surface area contributed by atoms with Crippen molar-refractivity contribution in [1.82, 2.24) is 0 Å². The van der Waals surface area contributed by atoms with E-state index in [1.165, 1.54) is 7.11 Å². The average molecular weight is 1060 g/mol. The standard InChI is InChI=1S/C62H60O16/c1-64-58(63)51-30-56(77-39-45-26-52(73-35-41-2-10-47(11-3-41)59-65-18-19-66-59)32-53(27-45)74-36-42-4-12-48(13-5-42)60-67-20-21-68-60)34-57(31-51)78-40-46-28-54(75-37-43-6-14-49(15-7-43)61-69-22-23-70-61)33-55(29-46)76-38-44-8-16-50(17-9-44)62-71-24-25-72-62/h2-17,26-34,59-62H,18-25,35-40H2,1H3. The number of benzene rings is 7. The number of ether oxygens (including phenoxy) is 15. The maximum Gasteiger partial charge on any atom is 0.338 e. The summed E-state index contributed by atoms with van der Waals surface area (Å²) in [5.41, 5.74) is 9.42. The summed E-state index contributed by atoms with van der Waals surface area (Å²) in [7, 11) is 1.33. The van der Waals surface area contributed by atoms with E-state index in [0.29, 0.717) is 114 Å². The van der Waals surface area contributed by atoms with Crippen LogP contribution in [0.5, 0.6) is 34.5 Å². The Morgan fingerprint density at radius 3 is 0.769 bits per heavy atom. The summed E-state index contributed by atoms with van der Waals surface area (Å²) in [4.78, 5) is 13.1. The highest BCUT2D eigenvalue weighted by Gasteiger charge is 2.22. The summed E-state index contributed by atoms with van der Waals surface area (Å²) >= 11 is 0. The molecule has 16 nitrogen and oxygen atoms in total. The predicted molar refractivity (Wildman–Crippen MR) is 281 cm³/mol. The molecule has 7 aromatic rings. The fourth-order valence-electron chi connectivity index (χ4n) is 9.02. The first-order valence-corrected chi connectivity index (χ1v) is 26.0. The number of rotatable bonds is 23. The summed E-state index contributed by atoms with van der Waals surface area (Å²) in [5, 5.41) is 0. The maximum atomic E-state index is 13.1. The number of esters is 1. The Morgan fingerprint density at radius 2 is 0.538 bits per heavy atom. The van der Waals surface area contributed by atoms with Crippen molar-refractivity contribution < 1.29 is 75.8 Å². The largest absolute Gasteiger partial charge is 0.489 e. The van der Waals surface area contributed by atoms with Crippen molar-refractivity contribution in [2.24, 2.45) is 0 Å². The molecule has 0 aromatic heterocycles. The third-order valence-electron chi connectivity index (χ3n) is 13.1. The van der Waals surface area contributed by atoms with Crippen LogP contribution in [0.25, 0.3) is 0 Å². The molecule has 4 heterocycles. The highest BCUT2D eigenvalue weighted by molar-refractivity contribution is 5.90. The van der Waals surface area contributed by atoms with Gasteiger partial charge in [-0.3, -0.25) is 0 Å². The van der Waals surface area contributed by atoms with E-state index in [-0.39, 0.29) is 43.9 Å².